The van der Waals surface area contributed by atoms with Crippen molar-refractivity contribution in [3.63, 3.8) is 0 Å². The minimum Gasteiger partial charge on any atom is -0.495 e. The molecule has 0 aliphatic heterocycles. The first kappa shape index (κ1) is 25.2. The molecule has 1 N–H and O–H groups in total. The molecule has 0 atom stereocenters. The molecule has 2 aromatic carbocycles. The molecule has 7 heteroatoms. The Hall–Kier alpha value is -3.45. The average molecular weight is 466 g/mol. The van der Waals surface area contributed by atoms with Gasteiger partial charge < -0.3 is 19.4 Å². The van der Waals surface area contributed by atoms with Gasteiger partial charge in [-0.05, 0) is 82.1 Å². The molecule has 0 unspecified atom stereocenters. The maximum absolute atomic E-state index is 13.4. The van der Waals surface area contributed by atoms with Crippen LogP contribution in [0.25, 0.3) is 11.8 Å². The van der Waals surface area contributed by atoms with Crippen molar-refractivity contribution in [2.24, 2.45) is 0 Å². The summed E-state index contributed by atoms with van der Waals surface area (Å²) in [4.78, 5) is 17.2. The Morgan fingerprint density at radius 3 is 2.65 bits per heavy atom. The van der Waals surface area contributed by atoms with E-state index in [2.05, 4.69) is 10.3 Å². The number of nitrogens with one attached hydrogen (secondary N) is 1. The van der Waals surface area contributed by atoms with Crippen LogP contribution in [0.3, 0.4) is 0 Å². The average Bonchev–Trinajstić information content (AvgIpc) is 3.20. The van der Waals surface area contributed by atoms with E-state index < -0.39 is 5.60 Å². The van der Waals surface area contributed by atoms with Crippen LogP contribution in [0.15, 0.2) is 60.6 Å². The highest BCUT2D eigenvalue weighted by atomic mass is 19.1. The van der Waals surface area contributed by atoms with Gasteiger partial charge in [-0.2, -0.15) is 0 Å². The molecule has 0 amide bonds. The Balaban J connectivity index is 1.79. The van der Waals surface area contributed by atoms with Crippen molar-refractivity contribution in [2.45, 2.75) is 46.3 Å². The van der Waals surface area contributed by atoms with E-state index in [1.807, 2.05) is 68.8 Å². The molecule has 0 radical (unpaired) electrons. The maximum Gasteiger partial charge on any atom is 0.334 e. The SMILES string of the molecule is COc1cc(/C=C(/CCNCc2cccc(F)c2)C(=O)OC(C)(C)C)ccc1-n1cnc(C)c1. The highest BCUT2D eigenvalue weighted by Gasteiger charge is 2.20. The second-order valence-corrected chi connectivity index (χ2v) is 9.08. The second-order valence-electron chi connectivity index (χ2n) is 9.08. The molecule has 0 aliphatic rings. The van der Waals surface area contributed by atoms with E-state index in [1.165, 1.54) is 12.1 Å². The third kappa shape index (κ3) is 7.28. The molecule has 3 aromatic rings. The number of nitrogens with zero attached hydrogens (tertiary/aromatic N) is 2. The zero-order chi connectivity index (χ0) is 24.7. The third-order valence-electron chi connectivity index (χ3n) is 4.98. The Morgan fingerprint density at radius 1 is 1.21 bits per heavy atom. The van der Waals surface area contributed by atoms with Gasteiger partial charge in [-0.1, -0.05) is 18.2 Å². The lowest BCUT2D eigenvalue weighted by Crippen LogP contribution is -2.26. The summed E-state index contributed by atoms with van der Waals surface area (Å²) in [5, 5.41) is 3.27. The first-order valence-electron chi connectivity index (χ1n) is 11.2. The Bertz CT molecular complexity index is 1160. The van der Waals surface area contributed by atoms with Crippen LogP contribution >= 0.6 is 0 Å². The molecule has 0 spiro atoms. The monoisotopic (exact) mass is 465 g/mol. The molecule has 0 saturated carbocycles. The Kier molecular flexibility index (Phi) is 8.23. The van der Waals surface area contributed by atoms with Gasteiger partial charge in [0.05, 0.1) is 24.8 Å². The van der Waals surface area contributed by atoms with Crippen molar-refractivity contribution in [2.75, 3.05) is 13.7 Å². The molecule has 3 rings (SSSR count). The van der Waals surface area contributed by atoms with Gasteiger partial charge in [0.15, 0.2) is 0 Å². The van der Waals surface area contributed by atoms with Crippen molar-refractivity contribution in [3.8, 4) is 11.4 Å². The van der Waals surface area contributed by atoms with Crippen molar-refractivity contribution in [1.82, 2.24) is 14.9 Å². The number of hydrogen-bond donors (Lipinski definition) is 1. The van der Waals surface area contributed by atoms with Crippen molar-refractivity contribution < 1.29 is 18.7 Å². The summed E-state index contributed by atoms with van der Waals surface area (Å²) < 4.78 is 26.5. The fourth-order valence-corrected chi connectivity index (χ4v) is 3.43. The molecule has 0 saturated heterocycles. The maximum atomic E-state index is 13.4. The lowest BCUT2D eigenvalue weighted by Gasteiger charge is -2.21. The zero-order valence-corrected chi connectivity index (χ0v) is 20.4. The van der Waals surface area contributed by atoms with Gasteiger partial charge in [0.1, 0.15) is 17.2 Å². The summed E-state index contributed by atoms with van der Waals surface area (Å²) >= 11 is 0. The quantitative estimate of drug-likeness (QED) is 0.266. The summed E-state index contributed by atoms with van der Waals surface area (Å²) in [5.41, 5.74) is 3.36. The Morgan fingerprint density at radius 2 is 2.00 bits per heavy atom. The third-order valence-corrected chi connectivity index (χ3v) is 4.98. The lowest BCUT2D eigenvalue weighted by atomic mass is 10.1. The van der Waals surface area contributed by atoms with Gasteiger partial charge in [-0.3, -0.25) is 0 Å². The van der Waals surface area contributed by atoms with Crippen molar-refractivity contribution >= 4 is 12.0 Å². The summed E-state index contributed by atoms with van der Waals surface area (Å²) in [6, 6.07) is 12.2. The van der Waals surface area contributed by atoms with Gasteiger partial charge >= 0.3 is 5.97 Å². The fraction of sp³-hybridized carbons (Fsp3) is 0.333. The number of aryl methyl sites for hydroxylation is 1. The molecule has 34 heavy (non-hydrogen) atoms. The van der Waals surface area contributed by atoms with Gasteiger partial charge in [0.25, 0.3) is 0 Å². The van der Waals surface area contributed by atoms with Gasteiger partial charge in [-0.25, -0.2) is 14.2 Å². The van der Waals surface area contributed by atoms with Crippen LogP contribution in [0.4, 0.5) is 4.39 Å². The van der Waals surface area contributed by atoms with E-state index in [-0.39, 0.29) is 11.8 Å². The second kappa shape index (κ2) is 11.1. The molecular weight excluding hydrogens is 433 g/mol. The van der Waals surface area contributed by atoms with Crippen LogP contribution in [-0.2, 0) is 16.1 Å². The van der Waals surface area contributed by atoms with Crippen LogP contribution in [-0.4, -0.2) is 34.8 Å². The van der Waals surface area contributed by atoms with Crippen LogP contribution in [0, 0.1) is 12.7 Å². The summed E-state index contributed by atoms with van der Waals surface area (Å²) in [6.07, 6.45) is 5.93. The number of esters is 1. The van der Waals surface area contributed by atoms with E-state index >= 15 is 0 Å². The number of carbonyl (C=O) groups is 1. The number of methoxy groups -OCH3 is 1. The van der Waals surface area contributed by atoms with Crippen molar-refractivity contribution in [3.05, 3.63) is 83.2 Å². The van der Waals surface area contributed by atoms with Gasteiger partial charge in [0, 0.05) is 18.3 Å². The summed E-state index contributed by atoms with van der Waals surface area (Å²) in [7, 11) is 1.61. The van der Waals surface area contributed by atoms with E-state index in [4.69, 9.17) is 9.47 Å². The number of carbonyl (C=O) groups excluding carboxylic acids is 1. The minimum absolute atomic E-state index is 0.267. The first-order valence-corrected chi connectivity index (χ1v) is 11.2. The highest BCUT2D eigenvalue weighted by Crippen LogP contribution is 2.26. The molecule has 0 fully saturated rings. The molecule has 180 valence electrons. The molecule has 1 aromatic heterocycles. The molecule has 1 heterocycles. The highest BCUT2D eigenvalue weighted by molar-refractivity contribution is 5.94. The number of halogens is 1. The predicted octanol–water partition coefficient (Wildman–Crippen LogP) is 5.23. The van der Waals surface area contributed by atoms with Crippen LogP contribution in [0.2, 0.25) is 0 Å². The van der Waals surface area contributed by atoms with Crippen LogP contribution < -0.4 is 10.1 Å². The van der Waals surface area contributed by atoms with Crippen LogP contribution in [0.5, 0.6) is 5.75 Å². The van der Waals surface area contributed by atoms with E-state index in [0.717, 1.165) is 22.5 Å². The molecule has 0 aliphatic carbocycles. The standard InChI is InChI=1S/C27H32FN3O3/c1-19-17-31(18-30-19)24-10-9-20(15-25(24)33-5)13-22(26(32)34-27(2,3)4)11-12-29-16-21-7-6-8-23(28)14-21/h6-10,13-15,17-18,29H,11-12,16H2,1-5H3/b22-13-. The number of imidazole rings is 1. The minimum atomic E-state index is -0.605. The molecule has 6 nitrogen and oxygen atoms in total. The van der Waals surface area contributed by atoms with Crippen LogP contribution in [0.1, 0.15) is 44.0 Å². The predicted molar refractivity (Wildman–Crippen MR) is 131 cm³/mol. The van der Waals surface area contributed by atoms with E-state index in [1.54, 1.807) is 19.5 Å². The number of rotatable bonds is 9. The van der Waals surface area contributed by atoms with Crippen molar-refractivity contribution in [1.29, 1.82) is 0 Å². The Labute approximate surface area is 200 Å². The number of benzene rings is 2. The normalized spacial score (nSPS) is 12.0. The van der Waals surface area contributed by atoms with Gasteiger partial charge in [-0.15, -0.1) is 0 Å². The first-order chi connectivity index (χ1) is 16.1. The summed E-state index contributed by atoms with van der Waals surface area (Å²) in [6.45, 7) is 8.49. The molecule has 0 bridgehead atoms. The van der Waals surface area contributed by atoms with E-state index in [0.29, 0.717) is 30.8 Å². The summed E-state index contributed by atoms with van der Waals surface area (Å²) in [5.74, 6) is 0.0316. The number of ether oxygens (including phenoxy) is 2. The number of hydrogen-bond acceptors (Lipinski definition) is 5. The lowest BCUT2D eigenvalue weighted by molar-refractivity contribution is -0.149. The zero-order valence-electron chi connectivity index (χ0n) is 20.4. The fourth-order valence-electron chi connectivity index (χ4n) is 3.43. The number of aromatic nitrogens is 2. The van der Waals surface area contributed by atoms with E-state index in [9.17, 15) is 9.18 Å². The molecular formula is C27H32FN3O3. The van der Waals surface area contributed by atoms with Gasteiger partial charge in [0.2, 0.25) is 0 Å². The topological polar surface area (TPSA) is 65.4 Å². The largest absolute Gasteiger partial charge is 0.495 e. The smallest absolute Gasteiger partial charge is 0.334 e.